The third kappa shape index (κ3) is 2.21. The molecule has 100 valence electrons. The number of aromatic nitrogens is 1. The van der Waals surface area contributed by atoms with Gasteiger partial charge in [0.15, 0.2) is 5.76 Å². The molecular weight excluding hydrogens is 252 g/mol. The van der Waals surface area contributed by atoms with Gasteiger partial charge in [0.1, 0.15) is 0 Å². The van der Waals surface area contributed by atoms with E-state index in [0.29, 0.717) is 30.0 Å². The van der Waals surface area contributed by atoms with Crippen molar-refractivity contribution in [2.45, 2.75) is 6.42 Å². The van der Waals surface area contributed by atoms with Crippen molar-refractivity contribution in [3.8, 4) is 0 Å². The van der Waals surface area contributed by atoms with Crippen molar-refractivity contribution in [2.24, 2.45) is 5.73 Å². The van der Waals surface area contributed by atoms with E-state index in [-0.39, 0.29) is 5.78 Å². The van der Waals surface area contributed by atoms with Crippen molar-refractivity contribution in [3.63, 3.8) is 0 Å². The van der Waals surface area contributed by atoms with Gasteiger partial charge in [0.05, 0.1) is 17.5 Å². The van der Waals surface area contributed by atoms with Crippen molar-refractivity contribution in [3.05, 3.63) is 65.7 Å². The first-order valence-corrected chi connectivity index (χ1v) is 6.46. The van der Waals surface area contributed by atoms with Crippen LogP contribution in [0.25, 0.3) is 10.9 Å². The molecule has 0 bridgehead atoms. The molecule has 4 nitrogen and oxygen atoms in total. The summed E-state index contributed by atoms with van der Waals surface area (Å²) in [5.74, 6) is 0.164. The summed E-state index contributed by atoms with van der Waals surface area (Å²) in [4.78, 5) is 17.0. The Kier molecular flexibility index (Phi) is 3.31. The Morgan fingerprint density at radius 3 is 2.80 bits per heavy atom. The molecule has 0 saturated carbocycles. The van der Waals surface area contributed by atoms with Crippen LogP contribution in [-0.2, 0) is 6.42 Å². The number of hydrogen-bond acceptors (Lipinski definition) is 4. The van der Waals surface area contributed by atoms with Gasteiger partial charge in [0.2, 0.25) is 5.78 Å². The number of carbonyl (C=O) groups is 1. The quantitative estimate of drug-likeness (QED) is 0.737. The fourth-order valence-corrected chi connectivity index (χ4v) is 2.22. The summed E-state index contributed by atoms with van der Waals surface area (Å²) in [6.07, 6.45) is 2.05. The summed E-state index contributed by atoms with van der Waals surface area (Å²) in [5, 5.41) is 0.933. The van der Waals surface area contributed by atoms with Gasteiger partial charge in [0, 0.05) is 17.4 Å². The SMILES string of the molecule is NCCc1nc2ccccc2cc1C(=O)c1ccco1. The van der Waals surface area contributed by atoms with Crippen molar-refractivity contribution in [1.29, 1.82) is 0 Å². The third-order valence-corrected chi connectivity index (χ3v) is 3.17. The Bertz CT molecular complexity index is 748. The summed E-state index contributed by atoms with van der Waals surface area (Å²) in [6, 6.07) is 12.9. The van der Waals surface area contributed by atoms with Crippen LogP contribution >= 0.6 is 0 Å². The van der Waals surface area contributed by atoms with Gasteiger partial charge in [-0.3, -0.25) is 9.78 Å². The van der Waals surface area contributed by atoms with E-state index in [1.54, 1.807) is 12.1 Å². The lowest BCUT2D eigenvalue weighted by Gasteiger charge is -2.08. The van der Waals surface area contributed by atoms with Crippen LogP contribution < -0.4 is 5.73 Å². The highest BCUT2D eigenvalue weighted by atomic mass is 16.3. The minimum absolute atomic E-state index is 0.156. The third-order valence-electron chi connectivity index (χ3n) is 3.17. The number of benzene rings is 1. The van der Waals surface area contributed by atoms with Crippen LogP contribution in [0.15, 0.2) is 53.1 Å². The number of para-hydroxylation sites is 1. The number of carbonyl (C=O) groups excluding carboxylic acids is 1. The van der Waals surface area contributed by atoms with E-state index < -0.39 is 0 Å². The molecule has 0 unspecified atom stereocenters. The van der Waals surface area contributed by atoms with Crippen LogP contribution in [0.1, 0.15) is 21.8 Å². The Morgan fingerprint density at radius 1 is 1.20 bits per heavy atom. The molecule has 2 heterocycles. The molecule has 2 aromatic heterocycles. The van der Waals surface area contributed by atoms with Gasteiger partial charge in [-0.1, -0.05) is 18.2 Å². The predicted octanol–water partition coefficient (Wildman–Crippen LogP) is 2.56. The second-order valence-electron chi connectivity index (χ2n) is 4.52. The molecule has 3 rings (SSSR count). The van der Waals surface area contributed by atoms with Crippen LogP contribution in [0.2, 0.25) is 0 Å². The molecule has 4 heteroatoms. The van der Waals surface area contributed by atoms with Crippen LogP contribution in [0.4, 0.5) is 0 Å². The van der Waals surface area contributed by atoms with E-state index in [2.05, 4.69) is 4.98 Å². The van der Waals surface area contributed by atoms with Gasteiger partial charge in [-0.25, -0.2) is 0 Å². The second kappa shape index (κ2) is 5.27. The van der Waals surface area contributed by atoms with E-state index in [1.807, 2.05) is 30.3 Å². The number of hydrogen-bond donors (Lipinski definition) is 1. The predicted molar refractivity (Wildman–Crippen MR) is 76.6 cm³/mol. The number of rotatable bonds is 4. The van der Waals surface area contributed by atoms with Crippen molar-refractivity contribution < 1.29 is 9.21 Å². The highest BCUT2D eigenvalue weighted by molar-refractivity contribution is 6.09. The Hall–Kier alpha value is -2.46. The van der Waals surface area contributed by atoms with E-state index >= 15 is 0 Å². The van der Waals surface area contributed by atoms with E-state index in [0.717, 1.165) is 10.9 Å². The first-order chi connectivity index (χ1) is 9.79. The Morgan fingerprint density at radius 2 is 2.05 bits per heavy atom. The minimum atomic E-state index is -0.156. The zero-order chi connectivity index (χ0) is 13.9. The molecule has 20 heavy (non-hydrogen) atoms. The lowest BCUT2D eigenvalue weighted by Crippen LogP contribution is -2.11. The van der Waals surface area contributed by atoms with E-state index in [1.165, 1.54) is 6.26 Å². The fraction of sp³-hybridized carbons (Fsp3) is 0.125. The zero-order valence-corrected chi connectivity index (χ0v) is 10.9. The molecule has 0 aliphatic rings. The molecule has 0 aliphatic carbocycles. The van der Waals surface area contributed by atoms with Crippen molar-refractivity contribution >= 4 is 16.7 Å². The average Bonchev–Trinajstić information content (AvgIpc) is 3.00. The van der Waals surface area contributed by atoms with Gasteiger partial charge < -0.3 is 10.2 Å². The van der Waals surface area contributed by atoms with Crippen LogP contribution in [0, 0.1) is 0 Å². The van der Waals surface area contributed by atoms with Crippen LogP contribution in [0.5, 0.6) is 0 Å². The molecule has 0 saturated heterocycles. The van der Waals surface area contributed by atoms with Gasteiger partial charge in [0.25, 0.3) is 0 Å². The monoisotopic (exact) mass is 266 g/mol. The summed E-state index contributed by atoms with van der Waals surface area (Å²) < 4.78 is 5.19. The molecule has 0 spiro atoms. The topological polar surface area (TPSA) is 69.1 Å². The maximum Gasteiger partial charge on any atom is 0.230 e. The summed E-state index contributed by atoms with van der Waals surface area (Å²) >= 11 is 0. The van der Waals surface area contributed by atoms with Gasteiger partial charge in [-0.2, -0.15) is 0 Å². The molecule has 0 atom stereocenters. The van der Waals surface area contributed by atoms with Crippen LogP contribution in [-0.4, -0.2) is 17.3 Å². The first kappa shape index (κ1) is 12.6. The average molecular weight is 266 g/mol. The Balaban J connectivity index is 2.16. The standard InChI is InChI=1S/C16H14N2O2/c17-8-7-14-12(16(19)15-6-3-9-20-15)10-11-4-1-2-5-13(11)18-14/h1-6,9-10H,7-8,17H2. The smallest absolute Gasteiger partial charge is 0.230 e. The molecule has 0 amide bonds. The zero-order valence-electron chi connectivity index (χ0n) is 10.9. The van der Waals surface area contributed by atoms with Gasteiger partial charge in [-0.05, 0) is 30.8 Å². The lowest BCUT2D eigenvalue weighted by atomic mass is 10.0. The summed E-state index contributed by atoms with van der Waals surface area (Å²) in [5.41, 5.74) is 7.76. The molecule has 0 radical (unpaired) electrons. The molecule has 0 aliphatic heterocycles. The molecule has 0 fully saturated rings. The number of nitrogens with zero attached hydrogens (tertiary/aromatic N) is 1. The molecule has 2 N–H and O–H groups in total. The highest BCUT2D eigenvalue weighted by Gasteiger charge is 2.17. The van der Waals surface area contributed by atoms with E-state index in [9.17, 15) is 4.79 Å². The molecule has 1 aromatic carbocycles. The number of ketones is 1. The molecular formula is C16H14N2O2. The van der Waals surface area contributed by atoms with Gasteiger partial charge in [-0.15, -0.1) is 0 Å². The summed E-state index contributed by atoms with van der Waals surface area (Å²) in [6.45, 7) is 0.448. The normalized spacial score (nSPS) is 10.8. The largest absolute Gasteiger partial charge is 0.461 e. The van der Waals surface area contributed by atoms with Crippen molar-refractivity contribution in [2.75, 3.05) is 6.54 Å². The van der Waals surface area contributed by atoms with E-state index in [4.69, 9.17) is 10.2 Å². The van der Waals surface area contributed by atoms with Crippen LogP contribution in [0.3, 0.4) is 0 Å². The number of nitrogens with two attached hydrogens (primary N) is 1. The van der Waals surface area contributed by atoms with Gasteiger partial charge >= 0.3 is 0 Å². The number of furan rings is 1. The summed E-state index contributed by atoms with van der Waals surface area (Å²) in [7, 11) is 0. The number of fused-ring (bicyclic) bond motifs is 1. The fourth-order valence-electron chi connectivity index (χ4n) is 2.22. The first-order valence-electron chi connectivity index (χ1n) is 6.46. The maximum absolute atomic E-state index is 12.5. The number of pyridine rings is 1. The molecule has 3 aromatic rings. The Labute approximate surface area is 116 Å². The lowest BCUT2D eigenvalue weighted by molar-refractivity contribution is 0.101. The second-order valence-corrected chi connectivity index (χ2v) is 4.52. The minimum Gasteiger partial charge on any atom is -0.461 e. The van der Waals surface area contributed by atoms with Crippen molar-refractivity contribution in [1.82, 2.24) is 4.98 Å². The highest BCUT2D eigenvalue weighted by Crippen LogP contribution is 2.20. The maximum atomic E-state index is 12.5.